The number of aryl methyl sites for hydroxylation is 3. The van der Waals surface area contributed by atoms with Gasteiger partial charge in [-0.05, 0) is 38.0 Å². The van der Waals surface area contributed by atoms with Gasteiger partial charge in [-0.25, -0.2) is 13.1 Å². The molecule has 0 N–H and O–H groups in total. The van der Waals surface area contributed by atoms with Crippen molar-refractivity contribution in [2.24, 2.45) is 7.05 Å². The van der Waals surface area contributed by atoms with Crippen molar-refractivity contribution < 1.29 is 22.7 Å². The zero-order valence-electron chi connectivity index (χ0n) is 15.3. The van der Waals surface area contributed by atoms with Crippen LogP contribution in [0.25, 0.3) is 0 Å². The van der Waals surface area contributed by atoms with Gasteiger partial charge in [-0.3, -0.25) is 9.59 Å². The maximum absolute atomic E-state index is 13.1. The molecule has 1 aromatic heterocycles. The Hall–Kier alpha value is -2.19. The third-order valence-corrected chi connectivity index (χ3v) is 5.73. The number of sulfone groups is 1. The SMILES string of the molecule is CC(=O)Oc1c(C(=O)c2cc(C)c(S(C)(=O)=O)c(C)c2Cl)c(C)nn1C. The maximum atomic E-state index is 13.1. The van der Waals surface area contributed by atoms with Gasteiger partial charge in [0.1, 0.15) is 5.56 Å². The van der Waals surface area contributed by atoms with Crippen molar-refractivity contribution in [1.82, 2.24) is 9.78 Å². The lowest BCUT2D eigenvalue weighted by molar-refractivity contribution is -0.132. The number of carbonyl (C=O) groups excluding carboxylic acids is 2. The summed E-state index contributed by atoms with van der Waals surface area (Å²) in [6.45, 7) is 5.97. The van der Waals surface area contributed by atoms with Gasteiger partial charge in [-0.2, -0.15) is 5.10 Å². The largest absolute Gasteiger partial charge is 0.407 e. The van der Waals surface area contributed by atoms with E-state index in [2.05, 4.69) is 5.10 Å². The second-order valence-electron chi connectivity index (χ2n) is 6.09. The first kappa shape index (κ1) is 20.1. The van der Waals surface area contributed by atoms with Gasteiger partial charge in [0.15, 0.2) is 9.84 Å². The van der Waals surface area contributed by atoms with Gasteiger partial charge in [0.05, 0.1) is 15.6 Å². The van der Waals surface area contributed by atoms with Crippen LogP contribution in [0.15, 0.2) is 11.0 Å². The lowest BCUT2D eigenvalue weighted by Gasteiger charge is -2.14. The number of hydrogen-bond donors (Lipinski definition) is 0. The number of ketones is 1. The Balaban J connectivity index is 2.72. The molecule has 0 radical (unpaired) electrons. The molecule has 0 aliphatic rings. The number of carbonyl (C=O) groups is 2. The molecule has 0 amide bonds. The Morgan fingerprint density at radius 3 is 2.31 bits per heavy atom. The lowest BCUT2D eigenvalue weighted by Crippen LogP contribution is -2.13. The molecule has 0 atom stereocenters. The Bertz CT molecular complexity index is 1040. The molecular formula is C17H19ClN2O5S. The molecule has 0 aliphatic heterocycles. The van der Waals surface area contributed by atoms with Crippen LogP contribution in [-0.2, 0) is 21.7 Å². The number of halogens is 1. The molecule has 9 heteroatoms. The van der Waals surface area contributed by atoms with Crippen LogP contribution in [0.3, 0.4) is 0 Å². The summed E-state index contributed by atoms with van der Waals surface area (Å²) in [5.74, 6) is -1.07. The molecule has 0 spiro atoms. The van der Waals surface area contributed by atoms with E-state index in [1.165, 1.54) is 17.7 Å². The molecule has 0 saturated carbocycles. The predicted octanol–water partition coefficient (Wildman–Crippen LogP) is 2.56. The predicted molar refractivity (Wildman–Crippen MR) is 96.7 cm³/mol. The number of ether oxygens (including phenoxy) is 1. The minimum absolute atomic E-state index is 0.0126. The van der Waals surface area contributed by atoms with Gasteiger partial charge in [0, 0.05) is 25.8 Å². The van der Waals surface area contributed by atoms with Crippen LogP contribution in [0, 0.1) is 20.8 Å². The fourth-order valence-corrected chi connectivity index (χ4v) is 4.56. The second kappa shape index (κ2) is 6.85. The zero-order valence-corrected chi connectivity index (χ0v) is 16.9. The Labute approximate surface area is 156 Å². The smallest absolute Gasteiger partial charge is 0.309 e. The van der Waals surface area contributed by atoms with E-state index in [9.17, 15) is 18.0 Å². The van der Waals surface area contributed by atoms with E-state index in [0.29, 0.717) is 16.8 Å². The van der Waals surface area contributed by atoms with Crippen molar-refractivity contribution in [2.45, 2.75) is 32.6 Å². The molecule has 140 valence electrons. The molecule has 0 aliphatic carbocycles. The van der Waals surface area contributed by atoms with Gasteiger partial charge in [0.2, 0.25) is 11.7 Å². The van der Waals surface area contributed by atoms with Gasteiger partial charge < -0.3 is 4.74 Å². The fourth-order valence-electron chi connectivity index (χ4n) is 2.96. The van der Waals surface area contributed by atoms with Gasteiger partial charge >= 0.3 is 5.97 Å². The summed E-state index contributed by atoms with van der Waals surface area (Å²) >= 11 is 6.32. The number of esters is 1. The summed E-state index contributed by atoms with van der Waals surface area (Å²) in [7, 11) is -1.95. The zero-order chi connectivity index (χ0) is 20.0. The quantitative estimate of drug-likeness (QED) is 0.580. The van der Waals surface area contributed by atoms with Crippen molar-refractivity contribution >= 4 is 33.2 Å². The number of rotatable bonds is 4. The first-order valence-electron chi connectivity index (χ1n) is 7.62. The fraction of sp³-hybridized carbons (Fsp3) is 0.353. The molecule has 2 rings (SSSR count). The van der Waals surface area contributed by atoms with Crippen LogP contribution < -0.4 is 4.74 Å². The van der Waals surface area contributed by atoms with Crippen molar-refractivity contribution in [1.29, 1.82) is 0 Å². The van der Waals surface area contributed by atoms with E-state index in [1.54, 1.807) is 27.8 Å². The first-order valence-corrected chi connectivity index (χ1v) is 9.89. The summed E-state index contributed by atoms with van der Waals surface area (Å²) in [5, 5.41) is 4.16. The monoisotopic (exact) mass is 398 g/mol. The van der Waals surface area contributed by atoms with Crippen molar-refractivity contribution in [3.63, 3.8) is 0 Å². The van der Waals surface area contributed by atoms with Crippen LogP contribution in [0.1, 0.15) is 39.7 Å². The summed E-state index contributed by atoms with van der Waals surface area (Å²) < 4.78 is 30.4. The summed E-state index contributed by atoms with van der Waals surface area (Å²) in [5.41, 5.74) is 1.31. The van der Waals surface area contributed by atoms with E-state index in [1.807, 2.05) is 0 Å². The summed E-state index contributed by atoms with van der Waals surface area (Å²) in [4.78, 5) is 24.5. The average Bonchev–Trinajstić information content (AvgIpc) is 2.74. The van der Waals surface area contributed by atoms with Crippen molar-refractivity contribution in [2.75, 3.05) is 6.26 Å². The molecule has 7 nitrogen and oxygen atoms in total. The van der Waals surface area contributed by atoms with Crippen LogP contribution in [-0.4, -0.2) is 36.2 Å². The van der Waals surface area contributed by atoms with Crippen molar-refractivity contribution in [3.05, 3.63) is 39.0 Å². The molecule has 0 unspecified atom stereocenters. The molecule has 1 heterocycles. The average molecular weight is 399 g/mol. The van der Waals surface area contributed by atoms with E-state index >= 15 is 0 Å². The minimum Gasteiger partial charge on any atom is -0.407 e. The summed E-state index contributed by atoms with van der Waals surface area (Å²) in [6.07, 6.45) is 1.09. The van der Waals surface area contributed by atoms with E-state index in [0.717, 1.165) is 6.26 Å². The molecule has 1 aromatic carbocycles. The molecule has 0 fully saturated rings. The number of aromatic nitrogens is 2. The number of hydrogen-bond acceptors (Lipinski definition) is 6. The molecule has 2 aromatic rings. The highest BCUT2D eigenvalue weighted by Gasteiger charge is 2.28. The molecule has 26 heavy (non-hydrogen) atoms. The normalized spacial score (nSPS) is 11.5. The standard InChI is InChI=1S/C17H19ClN2O5S/c1-8-7-12(14(18)9(2)16(8)26(6,23)24)15(22)13-10(3)19-20(5)17(13)25-11(4)21/h7H,1-6H3. The van der Waals surface area contributed by atoms with Gasteiger partial charge in [-0.1, -0.05) is 11.6 Å². The number of benzene rings is 1. The minimum atomic E-state index is -3.50. The van der Waals surface area contributed by atoms with Gasteiger partial charge in [-0.15, -0.1) is 0 Å². The Morgan fingerprint density at radius 1 is 1.23 bits per heavy atom. The molecular weight excluding hydrogens is 380 g/mol. The van der Waals surface area contributed by atoms with E-state index < -0.39 is 21.6 Å². The van der Waals surface area contributed by atoms with Crippen LogP contribution >= 0.6 is 11.6 Å². The van der Waals surface area contributed by atoms with E-state index in [4.69, 9.17) is 16.3 Å². The maximum Gasteiger partial charge on any atom is 0.309 e. The molecule has 0 saturated heterocycles. The number of nitrogens with zero attached hydrogens (tertiary/aromatic N) is 2. The highest BCUT2D eigenvalue weighted by atomic mass is 35.5. The molecule has 0 bridgehead atoms. The highest BCUT2D eigenvalue weighted by molar-refractivity contribution is 7.90. The second-order valence-corrected chi connectivity index (χ2v) is 8.42. The van der Waals surface area contributed by atoms with Crippen LogP contribution in [0.2, 0.25) is 5.02 Å². The van der Waals surface area contributed by atoms with Crippen LogP contribution in [0.5, 0.6) is 5.88 Å². The van der Waals surface area contributed by atoms with Crippen LogP contribution in [0.4, 0.5) is 0 Å². The van der Waals surface area contributed by atoms with Gasteiger partial charge in [0.25, 0.3) is 0 Å². The Morgan fingerprint density at radius 2 is 1.81 bits per heavy atom. The third-order valence-electron chi connectivity index (χ3n) is 3.88. The first-order chi connectivity index (χ1) is 11.9. The van der Waals surface area contributed by atoms with Crippen molar-refractivity contribution in [3.8, 4) is 5.88 Å². The highest BCUT2D eigenvalue weighted by Crippen LogP contribution is 2.34. The Kier molecular flexibility index (Phi) is 5.30. The van der Waals surface area contributed by atoms with E-state index in [-0.39, 0.29) is 26.9 Å². The topological polar surface area (TPSA) is 95.3 Å². The third kappa shape index (κ3) is 3.52. The summed E-state index contributed by atoms with van der Waals surface area (Å²) in [6, 6.07) is 1.43. The lowest BCUT2D eigenvalue weighted by atomic mass is 9.99.